The fraction of sp³-hybridized carbons (Fsp3) is 0.468. The van der Waals surface area contributed by atoms with Crippen LogP contribution in [0.5, 0.6) is 0 Å². The molecule has 19 heteroatoms. The second-order valence-corrected chi connectivity index (χ2v) is 20.2. The Morgan fingerprint density at radius 3 is 1.63 bits per heavy atom. The SMILES string of the molecule is COCC(=O)CC(CC(C)C)C(=O)OC(C)OC(C)=O.COCC(=O)NCCCC(=O)c1cccc2c1-c1ccccc1C2COC(=O)C(C)C.COCCC(=O)NCCNC(=O)c1cccc2c1-c1ccccc1C2COC(C)=O. The van der Waals surface area contributed by atoms with Crippen LogP contribution in [0, 0.1) is 17.8 Å². The largest absolute Gasteiger partial charge is 0.465 e. The van der Waals surface area contributed by atoms with Gasteiger partial charge in [0.25, 0.3) is 5.91 Å². The zero-order valence-corrected chi connectivity index (χ0v) is 48.3. The Labute approximate surface area is 474 Å². The molecule has 0 saturated carbocycles. The van der Waals surface area contributed by atoms with E-state index in [-0.39, 0.29) is 104 Å². The molecule has 0 aromatic heterocycles. The fourth-order valence-electron chi connectivity index (χ4n) is 9.42. The van der Waals surface area contributed by atoms with E-state index in [0.717, 1.165) is 44.5 Å². The second-order valence-electron chi connectivity index (χ2n) is 20.2. The lowest BCUT2D eigenvalue weighted by Gasteiger charge is -2.20. The van der Waals surface area contributed by atoms with Crippen molar-refractivity contribution in [3.8, 4) is 22.3 Å². The van der Waals surface area contributed by atoms with Gasteiger partial charge in [0.2, 0.25) is 18.1 Å². The zero-order valence-electron chi connectivity index (χ0n) is 48.3. The van der Waals surface area contributed by atoms with Crippen molar-refractivity contribution < 1.29 is 76.3 Å². The highest BCUT2D eigenvalue weighted by Crippen LogP contribution is 2.48. The van der Waals surface area contributed by atoms with Gasteiger partial charge in [-0.05, 0) is 69.3 Å². The minimum absolute atomic E-state index is 0.0136. The summed E-state index contributed by atoms with van der Waals surface area (Å²) in [7, 11) is 4.44. The number of nitrogens with one attached hydrogen (secondary N) is 3. The molecule has 6 rings (SSSR count). The van der Waals surface area contributed by atoms with E-state index in [1.807, 2.05) is 107 Å². The van der Waals surface area contributed by atoms with Crippen LogP contribution in [0.3, 0.4) is 0 Å². The zero-order chi connectivity index (χ0) is 59.6. The molecule has 2 aliphatic rings. The molecule has 4 atom stereocenters. The summed E-state index contributed by atoms with van der Waals surface area (Å²) in [6.45, 7) is 13.5. The Hall–Kier alpha value is -7.61. The van der Waals surface area contributed by atoms with Crippen molar-refractivity contribution in [2.75, 3.05) is 74.0 Å². The van der Waals surface area contributed by atoms with Crippen LogP contribution in [0.25, 0.3) is 22.3 Å². The topological polar surface area (TPSA) is 254 Å². The number of rotatable bonds is 28. The smallest absolute Gasteiger partial charge is 0.312 e. The molecule has 0 fully saturated rings. The Balaban J connectivity index is 0.000000269. The van der Waals surface area contributed by atoms with Crippen molar-refractivity contribution in [3.63, 3.8) is 0 Å². The van der Waals surface area contributed by atoms with Crippen molar-refractivity contribution in [2.24, 2.45) is 17.8 Å². The number of carbonyl (C=O) groups is 9. The molecular formula is C62H79N3O16. The maximum atomic E-state index is 13.0. The maximum absolute atomic E-state index is 13.0. The Morgan fingerprint density at radius 2 is 1.07 bits per heavy atom. The first-order valence-corrected chi connectivity index (χ1v) is 27.2. The molecule has 0 heterocycles. The van der Waals surface area contributed by atoms with Gasteiger partial charge in [-0.2, -0.15) is 0 Å². The van der Waals surface area contributed by atoms with Gasteiger partial charge in [0.15, 0.2) is 11.6 Å². The molecule has 4 aromatic rings. The van der Waals surface area contributed by atoms with E-state index in [9.17, 15) is 43.2 Å². The predicted octanol–water partition coefficient (Wildman–Crippen LogP) is 7.67. The van der Waals surface area contributed by atoms with Crippen molar-refractivity contribution in [3.05, 3.63) is 118 Å². The highest BCUT2D eigenvalue weighted by molar-refractivity contribution is 6.05. The molecule has 3 amide bonds. The van der Waals surface area contributed by atoms with E-state index in [1.165, 1.54) is 35.0 Å². The maximum Gasteiger partial charge on any atom is 0.312 e. The molecule has 2 aliphatic carbocycles. The summed E-state index contributed by atoms with van der Waals surface area (Å²) < 4.78 is 35.0. The van der Waals surface area contributed by atoms with Gasteiger partial charge < -0.3 is 49.1 Å². The number of carbonyl (C=O) groups excluding carboxylic acids is 9. The first kappa shape index (κ1) is 65.9. The van der Waals surface area contributed by atoms with E-state index in [4.69, 9.17) is 33.2 Å². The van der Waals surface area contributed by atoms with Crippen molar-refractivity contribution in [1.82, 2.24) is 16.0 Å². The van der Waals surface area contributed by atoms with Gasteiger partial charge in [-0.25, -0.2) is 0 Å². The Kier molecular flexibility index (Phi) is 27.5. The monoisotopic (exact) mass is 1120 g/mol. The van der Waals surface area contributed by atoms with E-state index >= 15 is 0 Å². The van der Waals surface area contributed by atoms with E-state index < -0.39 is 24.1 Å². The number of fused-ring (bicyclic) bond motifs is 6. The van der Waals surface area contributed by atoms with Crippen LogP contribution in [0.1, 0.15) is 135 Å². The lowest BCUT2D eigenvalue weighted by Crippen LogP contribution is -2.35. The predicted molar refractivity (Wildman–Crippen MR) is 302 cm³/mol. The Bertz CT molecular complexity index is 2810. The quantitative estimate of drug-likeness (QED) is 0.0162. The molecule has 0 radical (unpaired) electrons. The van der Waals surface area contributed by atoms with E-state index in [0.29, 0.717) is 56.6 Å². The van der Waals surface area contributed by atoms with Gasteiger partial charge in [0.05, 0.1) is 18.4 Å². The number of methoxy groups -OCH3 is 3. The highest BCUT2D eigenvalue weighted by Gasteiger charge is 2.34. The van der Waals surface area contributed by atoms with Crippen LogP contribution in [-0.4, -0.2) is 133 Å². The average molecular weight is 1120 g/mol. The molecule has 0 spiro atoms. The summed E-state index contributed by atoms with van der Waals surface area (Å²) in [6.07, 6.45) is 0.816. The number of hydrogen-bond donors (Lipinski definition) is 3. The summed E-state index contributed by atoms with van der Waals surface area (Å²) in [5.41, 5.74) is 9.12. The first-order valence-electron chi connectivity index (χ1n) is 27.2. The van der Waals surface area contributed by atoms with Crippen molar-refractivity contribution in [1.29, 1.82) is 0 Å². The Morgan fingerprint density at radius 1 is 0.531 bits per heavy atom. The third-order valence-corrected chi connectivity index (χ3v) is 12.9. The molecule has 4 aromatic carbocycles. The average Bonchev–Trinajstić information content (AvgIpc) is 4.11. The number of hydrogen-bond acceptors (Lipinski definition) is 16. The van der Waals surface area contributed by atoms with Gasteiger partial charge in [0.1, 0.15) is 26.4 Å². The fourth-order valence-corrected chi connectivity index (χ4v) is 9.42. The van der Waals surface area contributed by atoms with Gasteiger partial charge in [-0.3, -0.25) is 43.2 Å². The number of esters is 4. The molecule has 3 N–H and O–H groups in total. The molecular weight excluding hydrogens is 1040 g/mol. The molecule has 0 saturated heterocycles. The number of ketones is 2. The van der Waals surface area contributed by atoms with Gasteiger partial charge in [-0.1, -0.05) is 107 Å². The minimum atomic E-state index is -0.952. The van der Waals surface area contributed by atoms with Crippen LogP contribution in [0.2, 0.25) is 0 Å². The second kappa shape index (κ2) is 33.9. The number of benzene rings is 4. The summed E-state index contributed by atoms with van der Waals surface area (Å²) in [5, 5.41) is 8.35. The van der Waals surface area contributed by atoms with Crippen LogP contribution < -0.4 is 16.0 Å². The molecule has 19 nitrogen and oxygen atoms in total. The van der Waals surface area contributed by atoms with Gasteiger partial charge in [-0.15, -0.1) is 0 Å². The van der Waals surface area contributed by atoms with Gasteiger partial charge >= 0.3 is 23.9 Å². The normalized spacial score (nSPS) is 13.9. The van der Waals surface area contributed by atoms with Crippen LogP contribution in [0.4, 0.5) is 0 Å². The van der Waals surface area contributed by atoms with Gasteiger partial charge in [0, 0.05) is 104 Å². The molecule has 81 heavy (non-hydrogen) atoms. The number of ether oxygens (including phenoxy) is 7. The molecule has 4 unspecified atom stereocenters. The van der Waals surface area contributed by atoms with Crippen molar-refractivity contribution >= 4 is 53.2 Å². The number of Topliss-reactive ketones (excluding diaryl/α,β-unsaturated/α-hetero) is 2. The standard InChI is InChI=1S/C25H29NO5.C23H26N2O5.C14H24O6/c1-16(2)25(29)31-14-21-17-8-4-5-9-18(17)24-19(21)10-6-11-20(24)22(27)12-7-13-26-23(28)15-30-3;1-15(26)30-14-20-16-6-3-4-7-17(16)22-18(20)8-5-9-19(22)23(28)25-12-11-24-21(27)10-13-29-2;1-9(2)6-12(7-13(16)8-18-5)14(17)20-11(4)19-10(3)15/h4-6,8-11,16,21H,7,12-15H2,1-3H3,(H,26,28);3-9,20H,10-14H2,1-2H3,(H,24,27)(H,25,28);9,11-12H,6-8H2,1-5H3. The lowest BCUT2D eigenvalue weighted by atomic mass is 9.92. The van der Waals surface area contributed by atoms with Crippen LogP contribution in [-0.2, 0) is 66.7 Å². The first-order chi connectivity index (χ1) is 38.7. The van der Waals surface area contributed by atoms with E-state index in [1.54, 1.807) is 13.2 Å². The molecule has 0 aliphatic heterocycles. The molecule has 0 bridgehead atoms. The third-order valence-electron chi connectivity index (χ3n) is 12.9. The third kappa shape index (κ3) is 20.5. The highest BCUT2D eigenvalue weighted by atomic mass is 16.7. The summed E-state index contributed by atoms with van der Waals surface area (Å²) in [5.74, 6) is -2.94. The van der Waals surface area contributed by atoms with Crippen LogP contribution >= 0.6 is 0 Å². The molecule has 438 valence electrons. The summed E-state index contributed by atoms with van der Waals surface area (Å²) in [6, 6.07) is 27.2. The lowest BCUT2D eigenvalue weighted by molar-refractivity contribution is -0.187. The summed E-state index contributed by atoms with van der Waals surface area (Å²) >= 11 is 0. The minimum Gasteiger partial charge on any atom is -0.465 e. The van der Waals surface area contributed by atoms with Crippen LogP contribution in [0.15, 0.2) is 84.9 Å². The number of amides is 3. The van der Waals surface area contributed by atoms with Crippen molar-refractivity contribution in [2.45, 2.75) is 98.7 Å². The summed E-state index contributed by atoms with van der Waals surface area (Å²) in [4.78, 5) is 107. The van der Waals surface area contributed by atoms with E-state index in [2.05, 4.69) is 16.0 Å².